The van der Waals surface area contributed by atoms with Crippen LogP contribution in [0, 0.1) is 0 Å². The molecular formula is C9H18N2O3. The fourth-order valence-electron chi connectivity index (χ4n) is 1.03. The summed E-state index contributed by atoms with van der Waals surface area (Å²) in [4.78, 5) is 21.5. The summed E-state index contributed by atoms with van der Waals surface area (Å²) in [5.41, 5.74) is 5.57. The fraction of sp³-hybridized carbons (Fsp3) is 0.778. The molecule has 5 nitrogen and oxygen atoms in total. The number of carboxylic acid groups (broad SMARTS) is 1. The second-order valence-corrected chi connectivity index (χ2v) is 3.44. The van der Waals surface area contributed by atoms with Crippen LogP contribution in [0.4, 0.5) is 0 Å². The third-order valence-electron chi connectivity index (χ3n) is 1.86. The molecule has 0 aliphatic carbocycles. The van der Waals surface area contributed by atoms with E-state index in [0.717, 1.165) is 6.42 Å². The van der Waals surface area contributed by atoms with Gasteiger partial charge in [0.15, 0.2) is 0 Å². The summed E-state index contributed by atoms with van der Waals surface area (Å²) in [6.07, 6.45) is 0.925. The van der Waals surface area contributed by atoms with E-state index >= 15 is 0 Å². The molecule has 82 valence electrons. The average molecular weight is 202 g/mol. The number of aliphatic carboxylic acids is 1. The van der Waals surface area contributed by atoms with E-state index in [0.29, 0.717) is 0 Å². The largest absolute Gasteiger partial charge is 0.481 e. The quantitative estimate of drug-likeness (QED) is 0.569. The molecule has 4 N–H and O–H groups in total. The molecule has 0 spiro atoms. The Morgan fingerprint density at radius 2 is 2.00 bits per heavy atom. The first-order valence-corrected chi connectivity index (χ1v) is 4.72. The van der Waals surface area contributed by atoms with Crippen molar-refractivity contribution in [2.45, 2.75) is 45.2 Å². The summed E-state index contributed by atoms with van der Waals surface area (Å²) >= 11 is 0. The molecule has 0 fully saturated rings. The van der Waals surface area contributed by atoms with Gasteiger partial charge in [0, 0.05) is 18.5 Å². The molecule has 1 amide bonds. The minimum absolute atomic E-state index is 0.0624. The summed E-state index contributed by atoms with van der Waals surface area (Å²) in [6.45, 7) is 3.56. The monoisotopic (exact) mass is 202 g/mol. The summed E-state index contributed by atoms with van der Waals surface area (Å²) in [7, 11) is 0. The van der Waals surface area contributed by atoms with Crippen LogP contribution in [0.15, 0.2) is 0 Å². The van der Waals surface area contributed by atoms with E-state index < -0.39 is 5.97 Å². The predicted octanol–water partition coefficient (Wildman–Crippen LogP) is 0.0932. The van der Waals surface area contributed by atoms with Crippen LogP contribution >= 0.6 is 0 Å². The van der Waals surface area contributed by atoms with Gasteiger partial charge in [-0.2, -0.15) is 0 Å². The van der Waals surface area contributed by atoms with Gasteiger partial charge in [0.1, 0.15) is 0 Å². The molecule has 14 heavy (non-hydrogen) atoms. The number of nitrogens with one attached hydrogen (secondary N) is 1. The first-order chi connectivity index (χ1) is 6.45. The molecule has 0 aromatic heterocycles. The molecule has 5 heteroatoms. The van der Waals surface area contributed by atoms with Crippen LogP contribution in [0.25, 0.3) is 0 Å². The SMILES string of the molecule is CCC(N)CC(=O)NC(C)CC(=O)O. The van der Waals surface area contributed by atoms with Crippen LogP contribution < -0.4 is 11.1 Å². The number of amides is 1. The molecule has 0 saturated carbocycles. The van der Waals surface area contributed by atoms with Crippen LogP contribution in [-0.4, -0.2) is 29.1 Å². The number of hydrogen-bond acceptors (Lipinski definition) is 3. The standard InChI is InChI=1S/C9H18N2O3/c1-3-7(10)5-8(12)11-6(2)4-9(13)14/h6-7H,3-5,10H2,1-2H3,(H,11,12)(H,13,14). The molecule has 0 saturated heterocycles. The maximum absolute atomic E-state index is 11.2. The van der Waals surface area contributed by atoms with Crippen LogP contribution in [0.5, 0.6) is 0 Å². The lowest BCUT2D eigenvalue weighted by Crippen LogP contribution is -2.37. The number of carboxylic acids is 1. The van der Waals surface area contributed by atoms with E-state index in [4.69, 9.17) is 10.8 Å². The topological polar surface area (TPSA) is 92.4 Å². The van der Waals surface area contributed by atoms with Crippen LogP contribution in [-0.2, 0) is 9.59 Å². The van der Waals surface area contributed by atoms with E-state index in [-0.39, 0.29) is 30.8 Å². The van der Waals surface area contributed by atoms with E-state index in [1.165, 1.54) is 0 Å². The summed E-state index contributed by atoms with van der Waals surface area (Å²) in [5, 5.41) is 11.0. The highest BCUT2D eigenvalue weighted by atomic mass is 16.4. The number of hydrogen-bond donors (Lipinski definition) is 3. The number of carbonyl (C=O) groups excluding carboxylic acids is 1. The highest BCUT2D eigenvalue weighted by Crippen LogP contribution is 1.96. The molecule has 0 radical (unpaired) electrons. The van der Waals surface area contributed by atoms with Crippen molar-refractivity contribution < 1.29 is 14.7 Å². The zero-order valence-corrected chi connectivity index (χ0v) is 8.62. The number of nitrogens with two attached hydrogens (primary N) is 1. The summed E-state index contributed by atoms with van der Waals surface area (Å²) < 4.78 is 0. The molecular weight excluding hydrogens is 184 g/mol. The maximum atomic E-state index is 11.2. The number of carbonyl (C=O) groups is 2. The second kappa shape index (κ2) is 6.37. The maximum Gasteiger partial charge on any atom is 0.305 e. The highest BCUT2D eigenvalue weighted by Gasteiger charge is 2.12. The lowest BCUT2D eigenvalue weighted by atomic mass is 10.1. The van der Waals surface area contributed by atoms with Gasteiger partial charge in [-0.3, -0.25) is 9.59 Å². The second-order valence-electron chi connectivity index (χ2n) is 3.44. The van der Waals surface area contributed by atoms with Crippen molar-refractivity contribution in [1.29, 1.82) is 0 Å². The van der Waals surface area contributed by atoms with Crippen molar-refractivity contribution in [2.75, 3.05) is 0 Å². The molecule has 0 aromatic carbocycles. The Balaban J connectivity index is 3.76. The van der Waals surface area contributed by atoms with Gasteiger partial charge in [-0.25, -0.2) is 0 Å². The minimum atomic E-state index is -0.919. The minimum Gasteiger partial charge on any atom is -0.481 e. The van der Waals surface area contributed by atoms with Gasteiger partial charge in [0.2, 0.25) is 5.91 Å². The van der Waals surface area contributed by atoms with Gasteiger partial charge in [0.05, 0.1) is 6.42 Å². The van der Waals surface area contributed by atoms with Gasteiger partial charge in [-0.05, 0) is 13.3 Å². The summed E-state index contributed by atoms with van der Waals surface area (Å²) in [6, 6.07) is -0.490. The Hall–Kier alpha value is -1.10. The third kappa shape index (κ3) is 6.42. The van der Waals surface area contributed by atoms with Crippen LogP contribution in [0.1, 0.15) is 33.1 Å². The van der Waals surface area contributed by atoms with E-state index in [2.05, 4.69) is 5.32 Å². The summed E-state index contributed by atoms with van der Waals surface area (Å²) in [5.74, 6) is -1.11. The Morgan fingerprint density at radius 1 is 1.43 bits per heavy atom. The molecule has 2 unspecified atom stereocenters. The lowest BCUT2D eigenvalue weighted by molar-refractivity contribution is -0.137. The molecule has 0 heterocycles. The zero-order valence-electron chi connectivity index (χ0n) is 8.62. The normalized spacial score (nSPS) is 14.5. The number of rotatable bonds is 6. The molecule has 0 aliphatic rings. The lowest BCUT2D eigenvalue weighted by Gasteiger charge is -2.13. The zero-order chi connectivity index (χ0) is 11.1. The smallest absolute Gasteiger partial charge is 0.305 e. The van der Waals surface area contributed by atoms with Gasteiger partial charge in [-0.1, -0.05) is 6.92 Å². The average Bonchev–Trinajstić information content (AvgIpc) is 2.01. The Bertz CT molecular complexity index is 206. The van der Waals surface area contributed by atoms with Crippen LogP contribution in [0.3, 0.4) is 0 Å². The Kier molecular flexibility index (Phi) is 5.87. The van der Waals surface area contributed by atoms with Crippen molar-refractivity contribution in [3.8, 4) is 0 Å². The molecule has 2 atom stereocenters. The van der Waals surface area contributed by atoms with E-state index in [1.54, 1.807) is 6.92 Å². The molecule has 0 rings (SSSR count). The first-order valence-electron chi connectivity index (χ1n) is 4.72. The Labute approximate surface area is 83.7 Å². The van der Waals surface area contributed by atoms with E-state index in [1.807, 2.05) is 6.92 Å². The Morgan fingerprint density at radius 3 is 2.43 bits per heavy atom. The van der Waals surface area contributed by atoms with Gasteiger partial charge in [-0.15, -0.1) is 0 Å². The van der Waals surface area contributed by atoms with Gasteiger partial charge in [0.25, 0.3) is 0 Å². The van der Waals surface area contributed by atoms with Crippen molar-refractivity contribution in [3.63, 3.8) is 0 Å². The van der Waals surface area contributed by atoms with Crippen LogP contribution in [0.2, 0.25) is 0 Å². The van der Waals surface area contributed by atoms with Crippen molar-refractivity contribution in [1.82, 2.24) is 5.32 Å². The molecule has 0 aromatic rings. The van der Waals surface area contributed by atoms with Crippen molar-refractivity contribution >= 4 is 11.9 Å². The van der Waals surface area contributed by atoms with Crippen molar-refractivity contribution in [3.05, 3.63) is 0 Å². The predicted molar refractivity (Wildman–Crippen MR) is 52.7 cm³/mol. The van der Waals surface area contributed by atoms with Crippen molar-refractivity contribution in [2.24, 2.45) is 5.73 Å². The fourth-order valence-corrected chi connectivity index (χ4v) is 1.03. The molecule has 0 bridgehead atoms. The van der Waals surface area contributed by atoms with Gasteiger partial charge < -0.3 is 16.2 Å². The molecule has 0 aliphatic heterocycles. The first kappa shape index (κ1) is 12.9. The van der Waals surface area contributed by atoms with E-state index in [9.17, 15) is 9.59 Å². The third-order valence-corrected chi connectivity index (χ3v) is 1.86. The highest BCUT2D eigenvalue weighted by molar-refractivity contribution is 5.77. The van der Waals surface area contributed by atoms with Gasteiger partial charge >= 0.3 is 5.97 Å².